The second-order valence-corrected chi connectivity index (χ2v) is 7.06. The SMILES string of the molecule is C[C@@H]1CN(Cc2cccc3c2OC(C)(C)C3)C[C@H]1C(=O)O. The van der Waals surface area contributed by atoms with Gasteiger partial charge in [0, 0.05) is 31.6 Å². The molecule has 0 bridgehead atoms. The molecule has 4 nitrogen and oxygen atoms in total. The van der Waals surface area contributed by atoms with Gasteiger partial charge in [-0.2, -0.15) is 0 Å². The van der Waals surface area contributed by atoms with Crippen LogP contribution in [0.1, 0.15) is 31.9 Å². The van der Waals surface area contributed by atoms with Crippen molar-refractivity contribution in [1.29, 1.82) is 0 Å². The molecule has 0 saturated carbocycles. The van der Waals surface area contributed by atoms with E-state index in [4.69, 9.17) is 4.74 Å². The fourth-order valence-electron chi connectivity index (χ4n) is 3.56. The third-order valence-electron chi connectivity index (χ3n) is 4.57. The number of aliphatic carboxylic acids is 1. The number of para-hydroxylation sites is 1. The molecule has 0 amide bonds. The number of benzene rings is 1. The lowest BCUT2D eigenvalue weighted by molar-refractivity contribution is -0.142. The topological polar surface area (TPSA) is 49.8 Å². The van der Waals surface area contributed by atoms with Crippen molar-refractivity contribution in [2.45, 2.75) is 39.3 Å². The van der Waals surface area contributed by atoms with E-state index in [9.17, 15) is 9.90 Å². The van der Waals surface area contributed by atoms with E-state index in [0.29, 0.717) is 6.54 Å². The van der Waals surface area contributed by atoms with Gasteiger partial charge >= 0.3 is 5.97 Å². The number of hydrogen-bond donors (Lipinski definition) is 1. The van der Waals surface area contributed by atoms with Crippen LogP contribution in [0.3, 0.4) is 0 Å². The molecule has 114 valence electrons. The minimum absolute atomic E-state index is 0.139. The largest absolute Gasteiger partial charge is 0.487 e. The standard InChI is InChI=1S/C17H23NO3/c1-11-8-18(10-14(11)16(19)20)9-13-6-4-5-12-7-17(2,3)21-15(12)13/h4-6,11,14H,7-10H2,1-3H3,(H,19,20)/t11-,14-/m1/s1. The van der Waals surface area contributed by atoms with Crippen LogP contribution in [0.5, 0.6) is 5.75 Å². The highest BCUT2D eigenvalue weighted by Crippen LogP contribution is 2.38. The molecular weight excluding hydrogens is 266 g/mol. The quantitative estimate of drug-likeness (QED) is 0.929. The second kappa shape index (κ2) is 5.02. The maximum atomic E-state index is 11.2. The van der Waals surface area contributed by atoms with Crippen molar-refractivity contribution in [3.63, 3.8) is 0 Å². The molecule has 0 aliphatic carbocycles. The van der Waals surface area contributed by atoms with E-state index < -0.39 is 5.97 Å². The Kier molecular flexibility index (Phi) is 3.44. The van der Waals surface area contributed by atoms with Crippen LogP contribution in [0.4, 0.5) is 0 Å². The maximum absolute atomic E-state index is 11.2. The number of carbonyl (C=O) groups is 1. The van der Waals surface area contributed by atoms with Crippen LogP contribution < -0.4 is 4.74 Å². The monoisotopic (exact) mass is 289 g/mol. The van der Waals surface area contributed by atoms with Gasteiger partial charge in [0.2, 0.25) is 0 Å². The average Bonchev–Trinajstić information content (AvgIpc) is 2.88. The molecule has 4 heteroatoms. The van der Waals surface area contributed by atoms with Gasteiger partial charge in [-0.05, 0) is 25.3 Å². The number of nitrogens with zero attached hydrogens (tertiary/aromatic N) is 1. The van der Waals surface area contributed by atoms with Crippen molar-refractivity contribution in [1.82, 2.24) is 4.90 Å². The zero-order valence-electron chi connectivity index (χ0n) is 12.9. The summed E-state index contributed by atoms with van der Waals surface area (Å²) < 4.78 is 6.09. The third-order valence-corrected chi connectivity index (χ3v) is 4.57. The Bertz CT molecular complexity index is 567. The van der Waals surface area contributed by atoms with Crippen LogP contribution in [0.25, 0.3) is 0 Å². The van der Waals surface area contributed by atoms with Gasteiger partial charge in [-0.3, -0.25) is 9.69 Å². The fraction of sp³-hybridized carbons (Fsp3) is 0.588. The fourth-order valence-corrected chi connectivity index (χ4v) is 3.56. The van der Waals surface area contributed by atoms with Crippen molar-refractivity contribution in [3.05, 3.63) is 29.3 Å². The number of fused-ring (bicyclic) bond motifs is 1. The Labute approximate surface area is 125 Å². The summed E-state index contributed by atoms with van der Waals surface area (Å²) in [4.78, 5) is 13.5. The number of likely N-dealkylation sites (tertiary alicyclic amines) is 1. The lowest BCUT2D eigenvalue weighted by Crippen LogP contribution is -2.25. The Morgan fingerprint density at radius 2 is 2.19 bits per heavy atom. The summed E-state index contributed by atoms with van der Waals surface area (Å²) >= 11 is 0. The summed E-state index contributed by atoms with van der Waals surface area (Å²) in [7, 11) is 0. The van der Waals surface area contributed by atoms with Crippen molar-refractivity contribution in [2.75, 3.05) is 13.1 Å². The molecule has 1 saturated heterocycles. The molecule has 0 aromatic heterocycles. The summed E-state index contributed by atoms with van der Waals surface area (Å²) in [6.07, 6.45) is 0.935. The van der Waals surface area contributed by atoms with Crippen LogP contribution in [0.2, 0.25) is 0 Å². The summed E-state index contributed by atoms with van der Waals surface area (Å²) in [6.45, 7) is 8.47. The van der Waals surface area contributed by atoms with Crippen LogP contribution in [-0.2, 0) is 17.8 Å². The van der Waals surface area contributed by atoms with Crippen molar-refractivity contribution < 1.29 is 14.6 Å². The lowest BCUT2D eigenvalue weighted by Gasteiger charge is -2.20. The first kappa shape index (κ1) is 14.4. The van der Waals surface area contributed by atoms with Crippen molar-refractivity contribution in [3.8, 4) is 5.75 Å². The molecule has 1 aromatic carbocycles. The Hall–Kier alpha value is -1.55. The van der Waals surface area contributed by atoms with Gasteiger partial charge < -0.3 is 9.84 Å². The Morgan fingerprint density at radius 3 is 2.86 bits per heavy atom. The molecule has 2 aliphatic rings. The maximum Gasteiger partial charge on any atom is 0.308 e. The Morgan fingerprint density at radius 1 is 1.43 bits per heavy atom. The van der Waals surface area contributed by atoms with Crippen LogP contribution in [-0.4, -0.2) is 34.7 Å². The molecular formula is C17H23NO3. The van der Waals surface area contributed by atoms with Crippen molar-refractivity contribution in [2.24, 2.45) is 11.8 Å². The van der Waals surface area contributed by atoms with E-state index in [2.05, 4.69) is 36.9 Å². The highest BCUT2D eigenvalue weighted by atomic mass is 16.5. The van der Waals surface area contributed by atoms with E-state index >= 15 is 0 Å². The van der Waals surface area contributed by atoms with Gasteiger partial charge in [0.15, 0.2) is 0 Å². The first-order valence-corrected chi connectivity index (χ1v) is 7.61. The number of carboxylic acid groups (broad SMARTS) is 1. The summed E-state index contributed by atoms with van der Waals surface area (Å²) in [5.41, 5.74) is 2.30. The predicted octanol–water partition coefficient (Wildman–Crippen LogP) is 2.55. The molecule has 0 unspecified atom stereocenters. The first-order chi connectivity index (χ1) is 9.85. The van der Waals surface area contributed by atoms with E-state index in [-0.39, 0.29) is 17.4 Å². The zero-order valence-corrected chi connectivity index (χ0v) is 12.9. The summed E-state index contributed by atoms with van der Waals surface area (Å²) in [5, 5.41) is 9.24. The first-order valence-electron chi connectivity index (χ1n) is 7.61. The van der Waals surface area contributed by atoms with E-state index in [1.165, 1.54) is 11.1 Å². The number of carboxylic acids is 1. The molecule has 2 aliphatic heterocycles. The average molecular weight is 289 g/mol. The van der Waals surface area contributed by atoms with Gasteiger partial charge in [0.25, 0.3) is 0 Å². The molecule has 21 heavy (non-hydrogen) atoms. The number of ether oxygens (including phenoxy) is 1. The molecule has 3 rings (SSSR count). The summed E-state index contributed by atoms with van der Waals surface area (Å²) in [5.74, 6) is 0.283. The Balaban J connectivity index is 1.76. The van der Waals surface area contributed by atoms with E-state index in [1.807, 2.05) is 6.92 Å². The highest BCUT2D eigenvalue weighted by Gasteiger charge is 2.36. The minimum atomic E-state index is -0.680. The van der Waals surface area contributed by atoms with Gasteiger partial charge in [-0.25, -0.2) is 0 Å². The van der Waals surface area contributed by atoms with Gasteiger partial charge in [0.05, 0.1) is 5.92 Å². The van der Waals surface area contributed by atoms with Crippen LogP contribution in [0.15, 0.2) is 18.2 Å². The van der Waals surface area contributed by atoms with Gasteiger partial charge in [-0.1, -0.05) is 25.1 Å². The lowest BCUT2D eigenvalue weighted by atomic mass is 9.99. The highest BCUT2D eigenvalue weighted by molar-refractivity contribution is 5.71. The van der Waals surface area contributed by atoms with Gasteiger partial charge in [-0.15, -0.1) is 0 Å². The predicted molar refractivity (Wildman–Crippen MR) is 80.4 cm³/mol. The summed E-state index contributed by atoms with van der Waals surface area (Å²) in [6, 6.07) is 6.30. The zero-order chi connectivity index (χ0) is 15.2. The molecule has 2 heterocycles. The molecule has 1 aromatic rings. The normalized spacial score (nSPS) is 27.4. The number of rotatable bonds is 3. The molecule has 0 spiro atoms. The minimum Gasteiger partial charge on any atom is -0.487 e. The van der Waals surface area contributed by atoms with E-state index in [1.54, 1.807) is 0 Å². The molecule has 2 atom stereocenters. The second-order valence-electron chi connectivity index (χ2n) is 7.06. The van der Waals surface area contributed by atoms with Crippen molar-refractivity contribution >= 4 is 5.97 Å². The van der Waals surface area contributed by atoms with E-state index in [0.717, 1.165) is 25.3 Å². The van der Waals surface area contributed by atoms with Crippen LogP contribution in [0, 0.1) is 11.8 Å². The smallest absolute Gasteiger partial charge is 0.308 e. The third kappa shape index (κ3) is 2.77. The van der Waals surface area contributed by atoms with Gasteiger partial charge in [0.1, 0.15) is 11.4 Å². The van der Waals surface area contributed by atoms with Crippen LogP contribution >= 0.6 is 0 Å². The molecule has 1 fully saturated rings. The number of hydrogen-bond acceptors (Lipinski definition) is 3. The molecule has 0 radical (unpaired) electrons. The molecule has 1 N–H and O–H groups in total.